The van der Waals surface area contributed by atoms with Gasteiger partial charge in [0.05, 0.1) is 5.82 Å². The summed E-state index contributed by atoms with van der Waals surface area (Å²) in [6, 6.07) is 9.83. The van der Waals surface area contributed by atoms with E-state index < -0.39 is 0 Å². The molecule has 0 aliphatic rings. The lowest BCUT2D eigenvalue weighted by atomic mass is 10.3. The lowest BCUT2D eigenvalue weighted by Gasteiger charge is -2.03. The Morgan fingerprint density at radius 2 is 2.00 bits per heavy atom. The molecule has 0 aliphatic heterocycles. The Morgan fingerprint density at radius 3 is 2.55 bits per heavy atom. The van der Waals surface area contributed by atoms with Crippen LogP contribution in [0.1, 0.15) is 6.92 Å². The normalized spacial score (nSPS) is 11.2. The average molecular weight is 148 g/mol. The first-order valence-corrected chi connectivity index (χ1v) is 3.57. The second-order valence-electron chi connectivity index (χ2n) is 2.24. The van der Waals surface area contributed by atoms with Crippen molar-refractivity contribution >= 4 is 5.69 Å². The van der Waals surface area contributed by atoms with Crippen LogP contribution in [0.3, 0.4) is 0 Å². The topological polar surface area (TPSA) is 38.0 Å². The monoisotopic (exact) mass is 148 g/mol. The van der Waals surface area contributed by atoms with E-state index in [9.17, 15) is 0 Å². The summed E-state index contributed by atoms with van der Waals surface area (Å²) in [5.74, 6) is 0.677. The van der Waals surface area contributed by atoms with E-state index in [1.807, 2.05) is 43.3 Å². The SMILES string of the molecule is CC=C(N)Nc1ccccc1. The minimum absolute atomic E-state index is 0.677. The van der Waals surface area contributed by atoms with Gasteiger partial charge in [0.1, 0.15) is 0 Å². The van der Waals surface area contributed by atoms with Crippen LogP contribution in [0.25, 0.3) is 0 Å². The van der Waals surface area contributed by atoms with E-state index in [-0.39, 0.29) is 0 Å². The Labute approximate surface area is 66.7 Å². The average Bonchev–Trinajstić information content (AvgIpc) is 2.06. The Morgan fingerprint density at radius 1 is 1.36 bits per heavy atom. The molecule has 1 aromatic carbocycles. The number of hydrogen-bond acceptors (Lipinski definition) is 2. The van der Waals surface area contributed by atoms with Crippen molar-refractivity contribution in [3.8, 4) is 0 Å². The molecule has 0 unspecified atom stereocenters. The van der Waals surface area contributed by atoms with Crippen LogP contribution < -0.4 is 11.1 Å². The lowest BCUT2D eigenvalue weighted by molar-refractivity contribution is 1.29. The third-order valence-electron chi connectivity index (χ3n) is 1.37. The van der Waals surface area contributed by atoms with Crippen LogP contribution in [0.5, 0.6) is 0 Å². The van der Waals surface area contributed by atoms with E-state index in [2.05, 4.69) is 5.32 Å². The minimum atomic E-state index is 0.677. The van der Waals surface area contributed by atoms with Gasteiger partial charge >= 0.3 is 0 Å². The molecule has 2 nitrogen and oxygen atoms in total. The number of allylic oxidation sites excluding steroid dienone is 1. The molecule has 11 heavy (non-hydrogen) atoms. The highest BCUT2D eigenvalue weighted by molar-refractivity contribution is 5.46. The van der Waals surface area contributed by atoms with E-state index in [0.29, 0.717) is 5.82 Å². The van der Waals surface area contributed by atoms with E-state index in [1.165, 1.54) is 0 Å². The van der Waals surface area contributed by atoms with Crippen molar-refractivity contribution in [1.82, 2.24) is 0 Å². The van der Waals surface area contributed by atoms with E-state index >= 15 is 0 Å². The predicted octanol–water partition coefficient (Wildman–Crippen LogP) is 1.92. The number of anilines is 1. The predicted molar refractivity (Wildman–Crippen MR) is 48.0 cm³/mol. The summed E-state index contributed by atoms with van der Waals surface area (Å²) in [6.07, 6.45) is 1.83. The van der Waals surface area contributed by atoms with E-state index in [4.69, 9.17) is 5.73 Å². The quantitative estimate of drug-likeness (QED) is 0.672. The number of rotatable bonds is 2. The van der Waals surface area contributed by atoms with Crippen molar-refractivity contribution in [3.05, 3.63) is 42.2 Å². The zero-order valence-electron chi connectivity index (χ0n) is 6.54. The van der Waals surface area contributed by atoms with Gasteiger partial charge in [-0.2, -0.15) is 0 Å². The summed E-state index contributed by atoms with van der Waals surface area (Å²) in [4.78, 5) is 0. The number of nitrogens with two attached hydrogens (primary N) is 1. The summed E-state index contributed by atoms with van der Waals surface area (Å²) in [5, 5.41) is 3.03. The van der Waals surface area contributed by atoms with Crippen molar-refractivity contribution in [2.75, 3.05) is 5.32 Å². The molecule has 1 rings (SSSR count). The summed E-state index contributed by atoms with van der Waals surface area (Å²) in [7, 11) is 0. The molecule has 0 heterocycles. The third kappa shape index (κ3) is 2.34. The molecule has 0 fully saturated rings. The molecule has 0 amide bonds. The van der Waals surface area contributed by atoms with Gasteiger partial charge in [-0.25, -0.2) is 0 Å². The largest absolute Gasteiger partial charge is 0.386 e. The highest BCUT2D eigenvalue weighted by atomic mass is 15.0. The Kier molecular flexibility index (Phi) is 2.55. The summed E-state index contributed by atoms with van der Waals surface area (Å²) in [5.41, 5.74) is 6.57. The first-order valence-electron chi connectivity index (χ1n) is 3.57. The van der Waals surface area contributed by atoms with Gasteiger partial charge in [0.2, 0.25) is 0 Å². The molecule has 1 aromatic rings. The van der Waals surface area contributed by atoms with Crippen LogP contribution >= 0.6 is 0 Å². The van der Waals surface area contributed by atoms with Crippen molar-refractivity contribution < 1.29 is 0 Å². The zero-order valence-corrected chi connectivity index (χ0v) is 6.54. The fourth-order valence-corrected chi connectivity index (χ4v) is 0.760. The van der Waals surface area contributed by atoms with Crippen molar-refractivity contribution in [1.29, 1.82) is 0 Å². The van der Waals surface area contributed by atoms with Gasteiger partial charge in [0.15, 0.2) is 0 Å². The van der Waals surface area contributed by atoms with E-state index in [0.717, 1.165) is 5.69 Å². The zero-order chi connectivity index (χ0) is 8.10. The molecule has 0 atom stereocenters. The van der Waals surface area contributed by atoms with Crippen LogP contribution in [0.15, 0.2) is 42.2 Å². The van der Waals surface area contributed by atoms with Crippen molar-refractivity contribution in [3.63, 3.8) is 0 Å². The maximum atomic E-state index is 5.55. The second-order valence-corrected chi connectivity index (χ2v) is 2.24. The number of nitrogens with one attached hydrogen (secondary N) is 1. The molecule has 0 aromatic heterocycles. The molecule has 0 saturated carbocycles. The summed E-state index contributed by atoms with van der Waals surface area (Å²) >= 11 is 0. The lowest BCUT2D eigenvalue weighted by Crippen LogP contribution is -2.07. The molecular weight excluding hydrogens is 136 g/mol. The maximum absolute atomic E-state index is 5.55. The first-order chi connectivity index (χ1) is 5.33. The molecular formula is C9H12N2. The van der Waals surface area contributed by atoms with Crippen molar-refractivity contribution in [2.45, 2.75) is 6.92 Å². The highest BCUT2D eigenvalue weighted by Gasteiger charge is 1.87. The minimum Gasteiger partial charge on any atom is -0.386 e. The first kappa shape index (κ1) is 7.66. The van der Waals surface area contributed by atoms with Gasteiger partial charge in [0, 0.05) is 5.69 Å². The number of para-hydroxylation sites is 1. The standard InChI is InChI=1S/C9H12N2/c1-2-9(10)11-8-6-4-3-5-7-8/h2-7,11H,10H2,1H3. The smallest absolute Gasteiger partial charge is 0.0960 e. The van der Waals surface area contributed by atoms with Gasteiger partial charge < -0.3 is 11.1 Å². The summed E-state index contributed by atoms with van der Waals surface area (Å²) < 4.78 is 0. The fraction of sp³-hybridized carbons (Fsp3) is 0.111. The molecule has 3 N–H and O–H groups in total. The molecule has 58 valence electrons. The Bertz CT molecular complexity index is 239. The van der Waals surface area contributed by atoms with E-state index in [1.54, 1.807) is 0 Å². The van der Waals surface area contributed by atoms with Gasteiger partial charge in [0.25, 0.3) is 0 Å². The van der Waals surface area contributed by atoms with Gasteiger partial charge in [-0.1, -0.05) is 18.2 Å². The molecule has 0 radical (unpaired) electrons. The molecule has 2 heteroatoms. The molecule has 0 aliphatic carbocycles. The third-order valence-corrected chi connectivity index (χ3v) is 1.37. The van der Waals surface area contributed by atoms with Gasteiger partial charge in [-0.05, 0) is 25.1 Å². The summed E-state index contributed by atoms with van der Waals surface area (Å²) in [6.45, 7) is 1.89. The van der Waals surface area contributed by atoms with Crippen LogP contribution in [0.4, 0.5) is 5.69 Å². The molecule has 0 bridgehead atoms. The Balaban J connectivity index is 2.65. The number of hydrogen-bond donors (Lipinski definition) is 2. The maximum Gasteiger partial charge on any atom is 0.0960 e. The van der Waals surface area contributed by atoms with Crippen LogP contribution in [0.2, 0.25) is 0 Å². The van der Waals surface area contributed by atoms with Gasteiger partial charge in [-0.15, -0.1) is 0 Å². The van der Waals surface area contributed by atoms with Crippen LogP contribution in [-0.4, -0.2) is 0 Å². The Hall–Kier alpha value is -1.44. The van der Waals surface area contributed by atoms with Crippen molar-refractivity contribution in [2.24, 2.45) is 5.73 Å². The van der Waals surface area contributed by atoms with Crippen LogP contribution in [0, 0.1) is 0 Å². The molecule has 0 saturated heterocycles. The highest BCUT2D eigenvalue weighted by Crippen LogP contribution is 2.05. The second kappa shape index (κ2) is 3.66. The van der Waals surface area contributed by atoms with Crippen LogP contribution in [-0.2, 0) is 0 Å². The number of benzene rings is 1. The van der Waals surface area contributed by atoms with Gasteiger partial charge in [-0.3, -0.25) is 0 Å². The fourth-order valence-electron chi connectivity index (χ4n) is 0.760. The molecule has 0 spiro atoms.